The number of methoxy groups -OCH3 is 2. The van der Waals surface area contributed by atoms with Crippen LogP contribution in [0.2, 0.25) is 0 Å². The summed E-state index contributed by atoms with van der Waals surface area (Å²) < 4.78 is 9.11. The predicted octanol–water partition coefficient (Wildman–Crippen LogP) is 3.35. The van der Waals surface area contributed by atoms with Crippen LogP contribution < -0.4 is 0 Å². The van der Waals surface area contributed by atoms with Crippen LogP contribution in [-0.4, -0.2) is 26.2 Å². The fraction of sp³-hybridized carbons (Fsp3) is 0.571. The second-order valence-corrected chi connectivity index (χ2v) is 4.43. The molecule has 4 nitrogen and oxygen atoms in total. The van der Waals surface area contributed by atoms with Gasteiger partial charge in [-0.3, -0.25) is 0 Å². The highest BCUT2D eigenvalue weighted by molar-refractivity contribution is 6.32. The van der Waals surface area contributed by atoms with Crippen molar-refractivity contribution in [3.05, 3.63) is 22.8 Å². The number of esters is 2. The summed E-state index contributed by atoms with van der Waals surface area (Å²) in [6.45, 7) is 2.12. The monoisotopic (exact) mass is 288 g/mol. The van der Waals surface area contributed by atoms with Crippen molar-refractivity contribution in [2.45, 2.75) is 39.0 Å². The number of hydrogen-bond acceptors (Lipinski definition) is 4. The van der Waals surface area contributed by atoms with Crippen molar-refractivity contribution in [1.29, 1.82) is 0 Å². The topological polar surface area (TPSA) is 52.6 Å². The molecule has 0 N–H and O–H groups in total. The number of unbranched alkanes of at least 4 members (excludes halogenated alkanes) is 3. The van der Waals surface area contributed by atoms with Crippen LogP contribution in [0.1, 0.15) is 39.0 Å². The molecule has 0 saturated heterocycles. The highest BCUT2D eigenvalue weighted by Gasteiger charge is 2.12. The molecule has 0 aromatic rings. The molecule has 0 heterocycles. The van der Waals surface area contributed by atoms with E-state index >= 15 is 0 Å². The number of carbonyl (C=O) groups excluding carboxylic acids is 2. The molecule has 0 radical (unpaired) electrons. The Kier molecular flexibility index (Phi) is 9.90. The highest BCUT2D eigenvalue weighted by Crippen LogP contribution is 2.20. The number of rotatable bonds is 8. The van der Waals surface area contributed by atoms with Crippen molar-refractivity contribution in [1.82, 2.24) is 0 Å². The SMILES string of the molecule is CCCCCC/C(Cl)=C(\C=C\C(=O)OC)C(=O)OC. The van der Waals surface area contributed by atoms with Gasteiger partial charge >= 0.3 is 11.9 Å². The molecular formula is C14H21ClO4. The van der Waals surface area contributed by atoms with Gasteiger partial charge in [0.05, 0.1) is 19.8 Å². The molecule has 0 saturated carbocycles. The molecular weight excluding hydrogens is 268 g/mol. The van der Waals surface area contributed by atoms with Gasteiger partial charge in [0.1, 0.15) is 0 Å². The maximum atomic E-state index is 11.6. The van der Waals surface area contributed by atoms with Gasteiger partial charge in [0.2, 0.25) is 0 Å². The first-order valence-electron chi connectivity index (χ1n) is 6.29. The summed E-state index contributed by atoms with van der Waals surface area (Å²) in [6, 6.07) is 0. The van der Waals surface area contributed by atoms with Crippen LogP contribution in [0.25, 0.3) is 0 Å². The van der Waals surface area contributed by atoms with Crippen molar-refractivity contribution < 1.29 is 19.1 Å². The Bertz CT molecular complexity index is 358. The van der Waals surface area contributed by atoms with Crippen LogP contribution in [-0.2, 0) is 19.1 Å². The zero-order valence-electron chi connectivity index (χ0n) is 11.7. The highest BCUT2D eigenvalue weighted by atomic mass is 35.5. The fourth-order valence-electron chi connectivity index (χ4n) is 1.44. The van der Waals surface area contributed by atoms with Crippen molar-refractivity contribution in [2.24, 2.45) is 0 Å². The van der Waals surface area contributed by atoms with Crippen LogP contribution >= 0.6 is 11.6 Å². The molecule has 0 aliphatic heterocycles. The summed E-state index contributed by atoms with van der Waals surface area (Å²) in [4.78, 5) is 22.6. The minimum atomic E-state index is -0.555. The Balaban J connectivity index is 4.75. The van der Waals surface area contributed by atoms with E-state index in [0.29, 0.717) is 11.5 Å². The van der Waals surface area contributed by atoms with Crippen LogP contribution in [0.3, 0.4) is 0 Å². The Morgan fingerprint density at radius 3 is 2.26 bits per heavy atom. The van der Waals surface area contributed by atoms with Gasteiger partial charge in [-0.25, -0.2) is 9.59 Å². The molecule has 108 valence electrons. The summed E-state index contributed by atoms with van der Waals surface area (Å²) in [5.41, 5.74) is 0.200. The summed E-state index contributed by atoms with van der Waals surface area (Å²) in [7, 11) is 2.54. The van der Waals surface area contributed by atoms with E-state index in [1.54, 1.807) is 0 Å². The molecule has 0 bridgehead atoms. The van der Waals surface area contributed by atoms with Crippen LogP contribution in [0, 0.1) is 0 Å². The Labute approximate surface area is 119 Å². The summed E-state index contributed by atoms with van der Waals surface area (Å²) in [5, 5.41) is 0.406. The van der Waals surface area contributed by atoms with Crippen LogP contribution in [0.5, 0.6) is 0 Å². The molecule has 0 aromatic heterocycles. The summed E-state index contributed by atoms with van der Waals surface area (Å²) in [5.74, 6) is -1.10. The van der Waals surface area contributed by atoms with E-state index in [-0.39, 0.29) is 5.57 Å². The van der Waals surface area contributed by atoms with Gasteiger partial charge in [-0.15, -0.1) is 0 Å². The first-order valence-corrected chi connectivity index (χ1v) is 6.67. The van der Waals surface area contributed by atoms with E-state index in [1.165, 1.54) is 20.3 Å². The normalized spacial score (nSPS) is 12.2. The van der Waals surface area contributed by atoms with E-state index in [9.17, 15) is 9.59 Å². The minimum absolute atomic E-state index is 0.200. The van der Waals surface area contributed by atoms with Gasteiger partial charge < -0.3 is 9.47 Å². The zero-order valence-corrected chi connectivity index (χ0v) is 12.5. The predicted molar refractivity (Wildman–Crippen MR) is 74.8 cm³/mol. The lowest BCUT2D eigenvalue weighted by Gasteiger charge is -2.05. The maximum absolute atomic E-state index is 11.6. The number of carbonyl (C=O) groups is 2. The third-order valence-electron chi connectivity index (χ3n) is 2.53. The molecule has 5 heteroatoms. The molecule has 0 amide bonds. The molecule has 0 atom stereocenters. The smallest absolute Gasteiger partial charge is 0.339 e. The Morgan fingerprint density at radius 2 is 1.74 bits per heavy atom. The number of halogens is 1. The van der Waals surface area contributed by atoms with Gasteiger partial charge in [0.15, 0.2) is 0 Å². The van der Waals surface area contributed by atoms with E-state index in [1.807, 2.05) is 0 Å². The second kappa shape index (κ2) is 10.6. The number of ether oxygens (including phenoxy) is 2. The number of hydrogen-bond donors (Lipinski definition) is 0. The molecule has 0 unspecified atom stereocenters. The molecule has 19 heavy (non-hydrogen) atoms. The molecule has 0 spiro atoms. The fourth-order valence-corrected chi connectivity index (χ4v) is 1.71. The second-order valence-electron chi connectivity index (χ2n) is 3.98. The van der Waals surface area contributed by atoms with Gasteiger partial charge in [0, 0.05) is 11.1 Å². The first kappa shape index (κ1) is 17.7. The summed E-state index contributed by atoms with van der Waals surface area (Å²) in [6.07, 6.45) is 7.31. The standard InChI is InChI=1S/C14H21ClO4/c1-4-5-6-7-8-12(15)11(14(17)19-3)9-10-13(16)18-2/h9-10H,4-8H2,1-3H3/b10-9+,12-11-. The van der Waals surface area contributed by atoms with Gasteiger partial charge in [-0.2, -0.15) is 0 Å². The van der Waals surface area contributed by atoms with Gasteiger partial charge in [0.25, 0.3) is 0 Å². The lowest BCUT2D eigenvalue weighted by molar-refractivity contribution is -0.135. The van der Waals surface area contributed by atoms with Crippen molar-refractivity contribution in [2.75, 3.05) is 14.2 Å². The molecule has 0 rings (SSSR count). The van der Waals surface area contributed by atoms with E-state index < -0.39 is 11.9 Å². The van der Waals surface area contributed by atoms with Gasteiger partial charge in [-0.1, -0.05) is 37.8 Å². The Hall–Kier alpha value is -1.29. The van der Waals surface area contributed by atoms with E-state index in [4.69, 9.17) is 11.6 Å². The first-order chi connectivity index (χ1) is 9.06. The van der Waals surface area contributed by atoms with Crippen molar-refractivity contribution in [3.63, 3.8) is 0 Å². The summed E-state index contributed by atoms with van der Waals surface area (Å²) >= 11 is 6.10. The third-order valence-corrected chi connectivity index (χ3v) is 2.93. The molecule has 0 aromatic carbocycles. The van der Waals surface area contributed by atoms with Crippen molar-refractivity contribution in [3.8, 4) is 0 Å². The molecule has 0 fully saturated rings. The average molecular weight is 289 g/mol. The lowest BCUT2D eigenvalue weighted by atomic mass is 10.1. The molecule has 0 aliphatic carbocycles. The zero-order chi connectivity index (χ0) is 14.7. The minimum Gasteiger partial charge on any atom is -0.466 e. The molecule has 0 aliphatic rings. The van der Waals surface area contributed by atoms with Crippen molar-refractivity contribution >= 4 is 23.5 Å². The van der Waals surface area contributed by atoms with E-state index in [0.717, 1.165) is 31.8 Å². The van der Waals surface area contributed by atoms with Gasteiger partial charge in [-0.05, 0) is 18.9 Å². The number of allylic oxidation sites excluding steroid dienone is 1. The Morgan fingerprint density at radius 1 is 1.05 bits per heavy atom. The largest absolute Gasteiger partial charge is 0.466 e. The maximum Gasteiger partial charge on any atom is 0.339 e. The third kappa shape index (κ3) is 7.67. The lowest BCUT2D eigenvalue weighted by Crippen LogP contribution is -2.06. The van der Waals surface area contributed by atoms with Crippen LogP contribution in [0.4, 0.5) is 0 Å². The quantitative estimate of drug-likeness (QED) is 0.297. The van der Waals surface area contributed by atoms with E-state index in [2.05, 4.69) is 16.4 Å². The van der Waals surface area contributed by atoms with Crippen LogP contribution in [0.15, 0.2) is 22.8 Å². The average Bonchev–Trinajstić information content (AvgIpc) is 2.42.